The minimum absolute atomic E-state index is 0.0995. The molecule has 1 atom stereocenters. The first kappa shape index (κ1) is 21.5. The van der Waals surface area contributed by atoms with Gasteiger partial charge in [0.2, 0.25) is 5.91 Å². The van der Waals surface area contributed by atoms with Gasteiger partial charge in [-0.15, -0.1) is 0 Å². The Labute approximate surface area is 174 Å². The van der Waals surface area contributed by atoms with E-state index in [0.717, 1.165) is 5.56 Å². The fourth-order valence-corrected chi connectivity index (χ4v) is 4.11. The third kappa shape index (κ3) is 4.51. The van der Waals surface area contributed by atoms with Gasteiger partial charge in [-0.1, -0.05) is 17.7 Å². The smallest absolute Gasteiger partial charge is 0.264 e. The van der Waals surface area contributed by atoms with Crippen molar-refractivity contribution in [3.05, 3.63) is 53.6 Å². The number of nitrogens with one attached hydrogen (secondary N) is 1. The zero-order valence-electron chi connectivity index (χ0n) is 16.8. The molecule has 158 valence electrons. The minimum Gasteiger partial charge on any atom is -0.482 e. The minimum atomic E-state index is -4.05. The molecular formula is C21H22N2O6S. The van der Waals surface area contributed by atoms with Crippen molar-refractivity contribution >= 4 is 38.8 Å². The van der Waals surface area contributed by atoms with Crippen LogP contribution in [0.2, 0.25) is 0 Å². The van der Waals surface area contributed by atoms with Crippen LogP contribution in [0.3, 0.4) is 0 Å². The van der Waals surface area contributed by atoms with E-state index in [-0.39, 0.29) is 18.1 Å². The average Bonchev–Trinajstić information content (AvgIpc) is 2.70. The highest BCUT2D eigenvalue weighted by molar-refractivity contribution is 7.93. The summed E-state index contributed by atoms with van der Waals surface area (Å²) in [4.78, 5) is 38.1. The summed E-state index contributed by atoms with van der Waals surface area (Å²) in [7, 11) is -2.50. The van der Waals surface area contributed by atoms with Crippen molar-refractivity contribution < 1.29 is 27.5 Å². The number of Topliss-reactive ketones (excluding diaryl/α,β-unsaturated/α-hetero) is 1. The number of ether oxygens (including phenoxy) is 1. The maximum Gasteiger partial charge on any atom is 0.264 e. The Morgan fingerprint density at radius 3 is 2.50 bits per heavy atom. The Bertz CT molecular complexity index is 1110. The molecule has 1 aliphatic heterocycles. The molecule has 1 aliphatic rings. The molecule has 8 nitrogen and oxygen atoms in total. The third-order valence-corrected chi connectivity index (χ3v) is 6.86. The predicted molar refractivity (Wildman–Crippen MR) is 113 cm³/mol. The lowest BCUT2D eigenvalue weighted by Crippen LogP contribution is -2.36. The highest BCUT2D eigenvalue weighted by Gasteiger charge is 2.32. The fourth-order valence-electron chi connectivity index (χ4n) is 2.96. The SMILES string of the molecule is Cc1ccc(NC(=O)CS(=O)(=O)C(C)C(=O)c2ccc3c(c2)N(C)C(=O)CO3)cc1. The molecule has 3 rings (SSSR count). The largest absolute Gasteiger partial charge is 0.482 e. The molecule has 0 saturated heterocycles. The number of amides is 2. The zero-order chi connectivity index (χ0) is 22.1. The van der Waals surface area contributed by atoms with Crippen LogP contribution in [-0.2, 0) is 19.4 Å². The third-order valence-electron chi connectivity index (χ3n) is 4.91. The van der Waals surface area contributed by atoms with Gasteiger partial charge in [-0.2, -0.15) is 0 Å². The topological polar surface area (TPSA) is 110 Å². The standard InChI is InChI=1S/C21H22N2O6S/c1-13-4-7-16(8-5-13)22-19(24)12-30(27,28)14(2)21(26)15-6-9-18-17(10-15)23(3)20(25)11-29-18/h4-10,14H,11-12H2,1-3H3,(H,22,24). The molecule has 2 aromatic carbocycles. The van der Waals surface area contributed by atoms with Crippen LogP contribution in [0.1, 0.15) is 22.8 Å². The van der Waals surface area contributed by atoms with Crippen molar-refractivity contribution in [3.8, 4) is 5.75 Å². The quantitative estimate of drug-likeness (QED) is 0.702. The molecule has 2 amide bonds. The van der Waals surface area contributed by atoms with Crippen molar-refractivity contribution in [2.75, 3.05) is 29.6 Å². The molecule has 0 radical (unpaired) electrons. The van der Waals surface area contributed by atoms with Gasteiger partial charge in [0.15, 0.2) is 22.2 Å². The van der Waals surface area contributed by atoms with E-state index in [1.165, 1.54) is 30.0 Å². The van der Waals surface area contributed by atoms with E-state index in [4.69, 9.17) is 4.74 Å². The summed E-state index contributed by atoms with van der Waals surface area (Å²) in [5.74, 6) is -2.04. The van der Waals surface area contributed by atoms with Crippen LogP contribution in [0, 0.1) is 6.92 Å². The molecule has 9 heteroatoms. The molecule has 0 spiro atoms. The molecule has 2 aromatic rings. The van der Waals surface area contributed by atoms with Crippen molar-refractivity contribution in [1.29, 1.82) is 0 Å². The van der Waals surface area contributed by atoms with Gasteiger partial charge in [0.05, 0.1) is 5.69 Å². The number of aryl methyl sites for hydroxylation is 1. The number of ketones is 1. The van der Waals surface area contributed by atoms with Crippen LogP contribution in [0.4, 0.5) is 11.4 Å². The monoisotopic (exact) mass is 430 g/mol. The molecule has 0 aromatic heterocycles. The number of sulfone groups is 1. The summed E-state index contributed by atoms with van der Waals surface area (Å²) in [6.07, 6.45) is 0. The Kier molecular flexibility index (Phi) is 5.93. The van der Waals surface area contributed by atoms with Gasteiger partial charge in [-0.25, -0.2) is 8.42 Å². The van der Waals surface area contributed by atoms with Gasteiger partial charge in [0, 0.05) is 18.3 Å². The molecule has 1 unspecified atom stereocenters. The van der Waals surface area contributed by atoms with Crippen LogP contribution in [-0.4, -0.2) is 50.7 Å². The molecule has 1 N–H and O–H groups in total. The highest BCUT2D eigenvalue weighted by Crippen LogP contribution is 2.32. The summed E-state index contributed by atoms with van der Waals surface area (Å²) >= 11 is 0. The second-order valence-corrected chi connectivity index (χ2v) is 9.47. The number of carbonyl (C=O) groups is 3. The van der Waals surface area contributed by atoms with Gasteiger partial charge in [0.25, 0.3) is 5.91 Å². The molecule has 1 heterocycles. The van der Waals surface area contributed by atoms with Crippen LogP contribution < -0.4 is 15.0 Å². The first-order chi connectivity index (χ1) is 14.1. The number of fused-ring (bicyclic) bond motifs is 1. The van der Waals surface area contributed by atoms with Crippen molar-refractivity contribution in [2.24, 2.45) is 0 Å². The molecular weight excluding hydrogens is 408 g/mol. The van der Waals surface area contributed by atoms with Crippen LogP contribution in [0.5, 0.6) is 5.75 Å². The summed E-state index contributed by atoms with van der Waals surface area (Å²) in [6, 6.07) is 11.3. The molecule has 30 heavy (non-hydrogen) atoms. The number of carbonyl (C=O) groups excluding carboxylic acids is 3. The molecule has 0 aliphatic carbocycles. The van der Waals surface area contributed by atoms with Crippen LogP contribution >= 0.6 is 0 Å². The van der Waals surface area contributed by atoms with Crippen LogP contribution in [0.15, 0.2) is 42.5 Å². The number of hydrogen-bond donors (Lipinski definition) is 1. The van der Waals surface area contributed by atoms with E-state index in [1.807, 2.05) is 6.92 Å². The van der Waals surface area contributed by atoms with E-state index in [0.29, 0.717) is 17.1 Å². The number of rotatable bonds is 6. The van der Waals surface area contributed by atoms with Crippen molar-refractivity contribution in [3.63, 3.8) is 0 Å². The lowest BCUT2D eigenvalue weighted by molar-refractivity contribution is -0.121. The van der Waals surface area contributed by atoms with E-state index in [9.17, 15) is 22.8 Å². The first-order valence-corrected chi connectivity index (χ1v) is 11.0. The lowest BCUT2D eigenvalue weighted by atomic mass is 10.1. The van der Waals surface area contributed by atoms with E-state index in [2.05, 4.69) is 5.32 Å². The van der Waals surface area contributed by atoms with E-state index < -0.39 is 32.5 Å². The summed E-state index contributed by atoms with van der Waals surface area (Å²) in [5, 5.41) is 1.09. The Hall–Kier alpha value is -3.20. The number of likely N-dealkylation sites (N-methyl/N-ethyl adjacent to an activating group) is 1. The molecule has 0 bridgehead atoms. The predicted octanol–water partition coefficient (Wildman–Crippen LogP) is 1.97. The second-order valence-electron chi connectivity index (χ2n) is 7.15. The van der Waals surface area contributed by atoms with Gasteiger partial charge in [0.1, 0.15) is 16.8 Å². The normalized spacial score (nSPS) is 14.5. The number of hydrogen-bond acceptors (Lipinski definition) is 6. The van der Waals surface area contributed by atoms with Gasteiger partial charge >= 0.3 is 0 Å². The summed E-state index contributed by atoms with van der Waals surface area (Å²) < 4.78 is 30.6. The number of anilines is 2. The van der Waals surface area contributed by atoms with Gasteiger partial charge < -0.3 is 15.0 Å². The highest BCUT2D eigenvalue weighted by atomic mass is 32.2. The lowest BCUT2D eigenvalue weighted by Gasteiger charge is -2.26. The Morgan fingerprint density at radius 1 is 1.17 bits per heavy atom. The van der Waals surface area contributed by atoms with Crippen LogP contribution in [0.25, 0.3) is 0 Å². The molecule has 0 saturated carbocycles. The Morgan fingerprint density at radius 2 is 1.83 bits per heavy atom. The van der Waals surface area contributed by atoms with Gasteiger partial charge in [-0.05, 0) is 44.2 Å². The maximum absolute atomic E-state index is 12.8. The van der Waals surface area contributed by atoms with Gasteiger partial charge in [-0.3, -0.25) is 14.4 Å². The number of nitrogens with zero attached hydrogens (tertiary/aromatic N) is 1. The Balaban J connectivity index is 1.73. The summed E-state index contributed by atoms with van der Waals surface area (Å²) in [5.41, 5.74) is 1.98. The fraction of sp³-hybridized carbons (Fsp3) is 0.286. The maximum atomic E-state index is 12.8. The van der Waals surface area contributed by atoms with E-state index >= 15 is 0 Å². The van der Waals surface area contributed by atoms with E-state index in [1.54, 1.807) is 31.3 Å². The second kappa shape index (κ2) is 8.27. The zero-order valence-corrected chi connectivity index (χ0v) is 17.7. The molecule has 0 fully saturated rings. The average molecular weight is 430 g/mol. The summed E-state index contributed by atoms with van der Waals surface area (Å²) in [6.45, 7) is 3.04. The first-order valence-electron chi connectivity index (χ1n) is 9.24. The van der Waals surface area contributed by atoms with Crippen molar-refractivity contribution in [2.45, 2.75) is 19.1 Å². The number of benzene rings is 2. The van der Waals surface area contributed by atoms with Crippen molar-refractivity contribution in [1.82, 2.24) is 0 Å².